The van der Waals surface area contributed by atoms with Crippen molar-refractivity contribution in [3.8, 4) is 0 Å². The third-order valence-corrected chi connectivity index (χ3v) is 2.92. The van der Waals surface area contributed by atoms with Crippen molar-refractivity contribution in [1.82, 2.24) is 10.3 Å². The number of hydrogen-bond acceptors (Lipinski definition) is 2. The molecule has 0 bridgehead atoms. The molecule has 0 aliphatic rings. The summed E-state index contributed by atoms with van der Waals surface area (Å²) in [5.41, 5.74) is 2.08. The average molecular weight is 248 g/mol. The number of carbonyl (C=O) groups excluding carboxylic acids is 1. The van der Waals surface area contributed by atoms with Crippen molar-refractivity contribution in [2.45, 2.75) is 53.5 Å². The first-order valence-corrected chi connectivity index (χ1v) is 6.65. The van der Waals surface area contributed by atoms with Crippen LogP contribution in [0.2, 0.25) is 0 Å². The number of unbranched alkanes of at least 4 members (excludes halogenated alkanes) is 1. The SMILES string of the molecule is CCCCc1ccncc1CNC(=O)C(C)(C)C. The van der Waals surface area contributed by atoms with Gasteiger partial charge in [-0.15, -0.1) is 0 Å². The minimum absolute atomic E-state index is 0.0767. The molecule has 0 unspecified atom stereocenters. The fraction of sp³-hybridized carbons (Fsp3) is 0.600. The van der Waals surface area contributed by atoms with Crippen LogP contribution in [0.5, 0.6) is 0 Å². The maximum absolute atomic E-state index is 11.8. The highest BCUT2D eigenvalue weighted by molar-refractivity contribution is 5.81. The molecule has 0 aromatic carbocycles. The van der Waals surface area contributed by atoms with Crippen molar-refractivity contribution in [2.75, 3.05) is 0 Å². The Labute approximate surface area is 110 Å². The van der Waals surface area contributed by atoms with Crippen LogP contribution in [0.1, 0.15) is 51.7 Å². The largest absolute Gasteiger partial charge is 0.352 e. The minimum Gasteiger partial charge on any atom is -0.352 e. The van der Waals surface area contributed by atoms with E-state index in [9.17, 15) is 4.79 Å². The zero-order chi connectivity index (χ0) is 13.6. The second-order valence-electron chi connectivity index (χ2n) is 5.68. The summed E-state index contributed by atoms with van der Waals surface area (Å²) in [6, 6.07) is 2.05. The van der Waals surface area contributed by atoms with E-state index in [1.807, 2.05) is 39.2 Å². The zero-order valence-electron chi connectivity index (χ0n) is 11.9. The van der Waals surface area contributed by atoms with E-state index in [1.54, 1.807) is 0 Å². The molecule has 0 saturated heterocycles. The van der Waals surface area contributed by atoms with Crippen LogP contribution in [-0.2, 0) is 17.8 Å². The van der Waals surface area contributed by atoms with E-state index in [1.165, 1.54) is 18.4 Å². The standard InChI is InChI=1S/C15H24N2O/c1-5-6-7-12-8-9-16-10-13(12)11-17-14(18)15(2,3)4/h8-10H,5-7,11H2,1-4H3,(H,17,18). The van der Waals surface area contributed by atoms with Gasteiger partial charge in [-0.2, -0.15) is 0 Å². The summed E-state index contributed by atoms with van der Waals surface area (Å²) in [6.07, 6.45) is 7.08. The summed E-state index contributed by atoms with van der Waals surface area (Å²) in [6.45, 7) is 8.52. The van der Waals surface area contributed by atoms with Crippen molar-refractivity contribution in [1.29, 1.82) is 0 Å². The molecule has 0 radical (unpaired) electrons. The molecule has 0 aliphatic carbocycles. The summed E-state index contributed by atoms with van der Waals surface area (Å²) >= 11 is 0. The maximum Gasteiger partial charge on any atom is 0.225 e. The molecule has 0 spiro atoms. The molecule has 0 saturated carbocycles. The molecule has 1 rings (SSSR count). The molecule has 1 heterocycles. The Morgan fingerprint density at radius 3 is 2.67 bits per heavy atom. The molecule has 1 aromatic rings. The molecule has 1 amide bonds. The van der Waals surface area contributed by atoms with Gasteiger partial charge in [0.2, 0.25) is 5.91 Å². The van der Waals surface area contributed by atoms with Gasteiger partial charge >= 0.3 is 0 Å². The van der Waals surface area contributed by atoms with E-state index in [0.29, 0.717) is 6.54 Å². The number of pyridine rings is 1. The van der Waals surface area contributed by atoms with Crippen molar-refractivity contribution >= 4 is 5.91 Å². The quantitative estimate of drug-likeness (QED) is 0.870. The lowest BCUT2D eigenvalue weighted by Crippen LogP contribution is -2.34. The molecule has 3 nitrogen and oxygen atoms in total. The molecule has 0 aliphatic heterocycles. The Balaban J connectivity index is 2.64. The van der Waals surface area contributed by atoms with Crippen LogP contribution in [0.15, 0.2) is 18.5 Å². The number of aromatic nitrogens is 1. The Morgan fingerprint density at radius 1 is 1.33 bits per heavy atom. The second-order valence-corrected chi connectivity index (χ2v) is 5.68. The van der Waals surface area contributed by atoms with E-state index < -0.39 is 0 Å². The number of carbonyl (C=O) groups is 1. The van der Waals surface area contributed by atoms with Crippen LogP contribution < -0.4 is 5.32 Å². The summed E-state index contributed by atoms with van der Waals surface area (Å²) < 4.78 is 0. The van der Waals surface area contributed by atoms with E-state index in [2.05, 4.69) is 17.2 Å². The van der Waals surface area contributed by atoms with Gasteiger partial charge in [-0.05, 0) is 30.0 Å². The number of hydrogen-bond donors (Lipinski definition) is 1. The Bertz CT molecular complexity index is 394. The summed E-state index contributed by atoms with van der Waals surface area (Å²) in [5.74, 6) is 0.0767. The van der Waals surface area contributed by atoms with Crippen molar-refractivity contribution in [2.24, 2.45) is 5.41 Å². The monoisotopic (exact) mass is 248 g/mol. The number of amides is 1. The maximum atomic E-state index is 11.8. The van der Waals surface area contributed by atoms with Gasteiger partial charge in [-0.3, -0.25) is 9.78 Å². The predicted octanol–water partition coefficient (Wildman–Crippen LogP) is 3.09. The van der Waals surface area contributed by atoms with Gasteiger partial charge in [-0.25, -0.2) is 0 Å². The van der Waals surface area contributed by atoms with Gasteiger partial charge < -0.3 is 5.32 Å². The van der Waals surface area contributed by atoms with E-state index in [4.69, 9.17) is 0 Å². The normalized spacial score (nSPS) is 11.3. The average Bonchev–Trinajstić information content (AvgIpc) is 2.33. The van der Waals surface area contributed by atoms with Gasteiger partial charge in [0.1, 0.15) is 0 Å². The molecular formula is C15H24N2O. The summed E-state index contributed by atoms with van der Waals surface area (Å²) in [4.78, 5) is 16.0. The Hall–Kier alpha value is -1.38. The lowest BCUT2D eigenvalue weighted by atomic mass is 9.95. The number of nitrogens with one attached hydrogen (secondary N) is 1. The van der Waals surface area contributed by atoms with Crippen LogP contribution in [0.3, 0.4) is 0 Å². The zero-order valence-corrected chi connectivity index (χ0v) is 11.9. The fourth-order valence-corrected chi connectivity index (χ4v) is 1.67. The van der Waals surface area contributed by atoms with Gasteiger partial charge in [0.05, 0.1) is 0 Å². The summed E-state index contributed by atoms with van der Waals surface area (Å²) in [7, 11) is 0. The smallest absolute Gasteiger partial charge is 0.225 e. The number of rotatable bonds is 5. The van der Waals surface area contributed by atoms with Crippen LogP contribution in [0.4, 0.5) is 0 Å². The Kier molecular flexibility index (Phi) is 5.32. The molecule has 1 N–H and O–H groups in total. The topological polar surface area (TPSA) is 42.0 Å². The first kappa shape index (κ1) is 14.7. The molecule has 100 valence electrons. The van der Waals surface area contributed by atoms with Gasteiger partial charge in [0.15, 0.2) is 0 Å². The predicted molar refractivity (Wildman–Crippen MR) is 74.2 cm³/mol. The first-order chi connectivity index (χ1) is 8.45. The van der Waals surface area contributed by atoms with E-state index >= 15 is 0 Å². The fourth-order valence-electron chi connectivity index (χ4n) is 1.67. The van der Waals surface area contributed by atoms with Gasteiger partial charge in [0, 0.05) is 24.4 Å². The molecule has 18 heavy (non-hydrogen) atoms. The third kappa shape index (κ3) is 4.47. The van der Waals surface area contributed by atoms with E-state index in [-0.39, 0.29) is 11.3 Å². The van der Waals surface area contributed by atoms with Gasteiger partial charge in [-0.1, -0.05) is 34.1 Å². The van der Waals surface area contributed by atoms with Crippen LogP contribution >= 0.6 is 0 Å². The van der Waals surface area contributed by atoms with Crippen molar-refractivity contribution in [3.05, 3.63) is 29.6 Å². The highest BCUT2D eigenvalue weighted by Crippen LogP contribution is 2.14. The highest BCUT2D eigenvalue weighted by atomic mass is 16.2. The molecule has 1 aromatic heterocycles. The number of aryl methyl sites for hydroxylation is 1. The molecule has 0 atom stereocenters. The lowest BCUT2D eigenvalue weighted by Gasteiger charge is -2.18. The van der Waals surface area contributed by atoms with E-state index in [0.717, 1.165) is 12.0 Å². The summed E-state index contributed by atoms with van der Waals surface area (Å²) in [5, 5.41) is 2.98. The minimum atomic E-state index is -0.341. The second kappa shape index (κ2) is 6.53. The van der Waals surface area contributed by atoms with Crippen molar-refractivity contribution in [3.63, 3.8) is 0 Å². The van der Waals surface area contributed by atoms with Crippen molar-refractivity contribution < 1.29 is 4.79 Å². The molecular weight excluding hydrogens is 224 g/mol. The molecule has 0 fully saturated rings. The van der Waals surface area contributed by atoms with Crippen LogP contribution in [0.25, 0.3) is 0 Å². The first-order valence-electron chi connectivity index (χ1n) is 6.65. The molecule has 3 heteroatoms. The highest BCUT2D eigenvalue weighted by Gasteiger charge is 2.20. The number of nitrogens with zero attached hydrogens (tertiary/aromatic N) is 1. The van der Waals surface area contributed by atoms with Crippen LogP contribution in [0, 0.1) is 5.41 Å². The Morgan fingerprint density at radius 2 is 2.06 bits per heavy atom. The lowest BCUT2D eigenvalue weighted by molar-refractivity contribution is -0.128. The van der Waals surface area contributed by atoms with Gasteiger partial charge in [0.25, 0.3) is 0 Å². The van der Waals surface area contributed by atoms with Crippen LogP contribution in [-0.4, -0.2) is 10.9 Å². The third-order valence-electron chi connectivity index (χ3n) is 2.92.